The van der Waals surface area contributed by atoms with Crippen molar-refractivity contribution < 1.29 is 9.90 Å². The van der Waals surface area contributed by atoms with Crippen LogP contribution in [0.3, 0.4) is 0 Å². The summed E-state index contributed by atoms with van der Waals surface area (Å²) < 4.78 is 0. The minimum atomic E-state index is -0.250. The fraction of sp³-hybridized carbons (Fsp3) is 0.900. The van der Waals surface area contributed by atoms with E-state index in [1.807, 2.05) is 0 Å². The van der Waals surface area contributed by atoms with Gasteiger partial charge in [0.1, 0.15) is 0 Å². The Hall–Kier alpha value is -0.530. The lowest BCUT2D eigenvalue weighted by atomic mass is 9.87. The number of carbonyl (C=O) groups is 1. The van der Waals surface area contributed by atoms with Gasteiger partial charge in [-0.25, -0.2) is 0 Å². The van der Waals surface area contributed by atoms with Gasteiger partial charge < -0.3 is 5.11 Å². The van der Waals surface area contributed by atoms with E-state index in [9.17, 15) is 0 Å². The molecule has 0 aromatic heterocycles. The van der Waals surface area contributed by atoms with Crippen LogP contribution in [0.5, 0.6) is 0 Å². The van der Waals surface area contributed by atoms with Crippen molar-refractivity contribution in [2.45, 2.75) is 40.0 Å². The highest BCUT2D eigenvalue weighted by Gasteiger charge is 2.25. The molecule has 1 N–H and O–H groups in total. The summed E-state index contributed by atoms with van der Waals surface area (Å²) in [5, 5.41) is 6.89. The Bertz CT molecular complexity index is 121. The van der Waals surface area contributed by atoms with Crippen molar-refractivity contribution >= 4 is 6.47 Å². The van der Waals surface area contributed by atoms with Gasteiger partial charge >= 0.3 is 0 Å². The summed E-state index contributed by atoms with van der Waals surface area (Å²) in [7, 11) is 0. The second-order valence-electron chi connectivity index (χ2n) is 3.92. The molecule has 2 heteroatoms. The van der Waals surface area contributed by atoms with E-state index in [0.717, 1.165) is 17.8 Å². The highest BCUT2D eigenvalue weighted by molar-refractivity contribution is 5.32. The Balaban J connectivity index is 0.000000354. The molecule has 1 fully saturated rings. The maximum absolute atomic E-state index is 8.36. The van der Waals surface area contributed by atoms with Crippen LogP contribution in [0.25, 0.3) is 0 Å². The Morgan fingerprint density at radius 2 is 1.92 bits per heavy atom. The third-order valence-electron chi connectivity index (χ3n) is 2.78. The lowest BCUT2D eigenvalue weighted by Gasteiger charge is -2.18. The van der Waals surface area contributed by atoms with Gasteiger partial charge in [-0.1, -0.05) is 33.6 Å². The first-order chi connectivity index (χ1) is 5.63. The normalized spacial score (nSPS) is 28.0. The monoisotopic (exact) mass is 172 g/mol. The van der Waals surface area contributed by atoms with E-state index in [1.165, 1.54) is 19.3 Å². The zero-order chi connectivity index (χ0) is 9.56. The van der Waals surface area contributed by atoms with Gasteiger partial charge in [0.2, 0.25) is 0 Å². The molecule has 1 saturated carbocycles. The molecule has 0 spiro atoms. The second kappa shape index (κ2) is 6.04. The van der Waals surface area contributed by atoms with Gasteiger partial charge in [0.25, 0.3) is 6.47 Å². The fourth-order valence-corrected chi connectivity index (χ4v) is 2.16. The van der Waals surface area contributed by atoms with Crippen LogP contribution >= 0.6 is 0 Å². The molecule has 0 aromatic rings. The summed E-state index contributed by atoms with van der Waals surface area (Å²) in [6.07, 6.45) is 4.44. The average Bonchev–Trinajstić information content (AvgIpc) is 2.36. The first-order valence-corrected chi connectivity index (χ1v) is 4.71. The first kappa shape index (κ1) is 11.5. The number of carboxylic acid groups (broad SMARTS) is 1. The van der Waals surface area contributed by atoms with Crippen LogP contribution in [0.2, 0.25) is 0 Å². The number of hydrogen-bond acceptors (Lipinski definition) is 1. The molecular formula is C10H20O2. The molecule has 0 saturated heterocycles. The Kier molecular flexibility index (Phi) is 5.77. The maximum atomic E-state index is 8.36. The van der Waals surface area contributed by atoms with E-state index >= 15 is 0 Å². The SMILES string of the molecule is CC(C)C1CCCC1C.O=CO. The third kappa shape index (κ3) is 3.74. The van der Waals surface area contributed by atoms with Crippen molar-refractivity contribution in [1.82, 2.24) is 0 Å². The fourth-order valence-electron chi connectivity index (χ4n) is 2.16. The molecule has 0 aliphatic heterocycles. The van der Waals surface area contributed by atoms with Crippen molar-refractivity contribution in [2.75, 3.05) is 0 Å². The van der Waals surface area contributed by atoms with E-state index in [1.54, 1.807) is 0 Å². The predicted molar refractivity (Wildman–Crippen MR) is 50.0 cm³/mol. The van der Waals surface area contributed by atoms with E-state index < -0.39 is 0 Å². The maximum Gasteiger partial charge on any atom is 0.290 e. The van der Waals surface area contributed by atoms with Crippen LogP contribution in [0, 0.1) is 17.8 Å². The molecule has 0 aromatic carbocycles. The first-order valence-electron chi connectivity index (χ1n) is 4.71. The van der Waals surface area contributed by atoms with E-state index in [0.29, 0.717) is 0 Å². The molecule has 1 aliphatic rings. The third-order valence-corrected chi connectivity index (χ3v) is 2.78. The molecular weight excluding hydrogens is 152 g/mol. The van der Waals surface area contributed by atoms with E-state index in [2.05, 4.69) is 20.8 Å². The standard InChI is InChI=1S/C9H18.CH2O2/c1-7(2)9-6-4-5-8(9)3;2-1-3/h7-9H,4-6H2,1-3H3;1H,(H,2,3). The van der Waals surface area contributed by atoms with Crippen molar-refractivity contribution in [3.63, 3.8) is 0 Å². The lowest BCUT2D eigenvalue weighted by molar-refractivity contribution is -0.122. The van der Waals surface area contributed by atoms with E-state index in [4.69, 9.17) is 9.90 Å². The molecule has 0 heterocycles. The average molecular weight is 172 g/mol. The van der Waals surface area contributed by atoms with Crippen LogP contribution in [-0.2, 0) is 4.79 Å². The molecule has 12 heavy (non-hydrogen) atoms. The van der Waals surface area contributed by atoms with Gasteiger partial charge in [-0.05, 0) is 24.2 Å². The summed E-state index contributed by atoms with van der Waals surface area (Å²) in [5.74, 6) is 2.96. The van der Waals surface area contributed by atoms with Gasteiger partial charge in [0.15, 0.2) is 0 Å². The summed E-state index contributed by atoms with van der Waals surface area (Å²) in [4.78, 5) is 8.36. The summed E-state index contributed by atoms with van der Waals surface area (Å²) in [5.41, 5.74) is 0. The molecule has 0 bridgehead atoms. The molecule has 2 atom stereocenters. The van der Waals surface area contributed by atoms with Crippen LogP contribution in [-0.4, -0.2) is 11.6 Å². The highest BCUT2D eigenvalue weighted by atomic mass is 16.3. The smallest absolute Gasteiger partial charge is 0.290 e. The zero-order valence-electron chi connectivity index (χ0n) is 8.29. The van der Waals surface area contributed by atoms with E-state index in [-0.39, 0.29) is 6.47 Å². The van der Waals surface area contributed by atoms with Crippen molar-refractivity contribution in [3.8, 4) is 0 Å². The van der Waals surface area contributed by atoms with Gasteiger partial charge in [0.05, 0.1) is 0 Å². The van der Waals surface area contributed by atoms with Crippen molar-refractivity contribution in [1.29, 1.82) is 0 Å². The lowest BCUT2D eigenvalue weighted by Crippen LogP contribution is -2.10. The quantitative estimate of drug-likeness (QED) is 0.617. The topological polar surface area (TPSA) is 37.3 Å². The van der Waals surface area contributed by atoms with Crippen LogP contribution in [0.1, 0.15) is 40.0 Å². The Morgan fingerprint density at radius 1 is 1.42 bits per heavy atom. The summed E-state index contributed by atoms with van der Waals surface area (Å²) in [6.45, 7) is 6.86. The van der Waals surface area contributed by atoms with Crippen molar-refractivity contribution in [2.24, 2.45) is 17.8 Å². The Morgan fingerprint density at radius 3 is 2.08 bits per heavy atom. The Labute approximate surface area is 75.0 Å². The molecule has 0 radical (unpaired) electrons. The minimum absolute atomic E-state index is 0.250. The van der Waals surface area contributed by atoms with Crippen LogP contribution < -0.4 is 0 Å². The number of hydrogen-bond donors (Lipinski definition) is 1. The largest absolute Gasteiger partial charge is 0.483 e. The van der Waals surface area contributed by atoms with Gasteiger partial charge in [0, 0.05) is 0 Å². The molecule has 2 unspecified atom stereocenters. The summed E-state index contributed by atoms with van der Waals surface area (Å²) in [6, 6.07) is 0. The minimum Gasteiger partial charge on any atom is -0.483 e. The molecule has 1 rings (SSSR count). The van der Waals surface area contributed by atoms with Crippen molar-refractivity contribution in [3.05, 3.63) is 0 Å². The van der Waals surface area contributed by atoms with Crippen LogP contribution in [0.15, 0.2) is 0 Å². The molecule has 1 aliphatic carbocycles. The molecule has 0 amide bonds. The van der Waals surface area contributed by atoms with Gasteiger partial charge in [-0.2, -0.15) is 0 Å². The highest BCUT2D eigenvalue weighted by Crippen LogP contribution is 2.35. The zero-order valence-corrected chi connectivity index (χ0v) is 8.29. The van der Waals surface area contributed by atoms with Gasteiger partial charge in [-0.3, -0.25) is 4.79 Å². The van der Waals surface area contributed by atoms with Crippen LogP contribution in [0.4, 0.5) is 0 Å². The van der Waals surface area contributed by atoms with Gasteiger partial charge in [-0.15, -0.1) is 0 Å². The predicted octanol–water partition coefficient (Wildman–Crippen LogP) is 2.78. The summed E-state index contributed by atoms with van der Waals surface area (Å²) >= 11 is 0. The second-order valence-corrected chi connectivity index (χ2v) is 3.92. The number of rotatable bonds is 1. The molecule has 72 valence electrons. The molecule has 2 nitrogen and oxygen atoms in total.